The zero-order chi connectivity index (χ0) is 29.5. The molecule has 2 fully saturated rings. The molecule has 2 aromatic rings. The largest absolute Gasteiger partial charge is 0.490 e. The summed E-state index contributed by atoms with van der Waals surface area (Å²) in [5.41, 5.74) is 0.926. The highest BCUT2D eigenvalue weighted by atomic mass is 35.5. The number of carboxylic acids is 1. The van der Waals surface area contributed by atoms with Crippen LogP contribution in [0.1, 0.15) is 43.7 Å². The highest BCUT2D eigenvalue weighted by molar-refractivity contribution is 7.79. The van der Waals surface area contributed by atoms with E-state index in [1.54, 1.807) is 19.1 Å². The van der Waals surface area contributed by atoms with Gasteiger partial charge in [0.15, 0.2) is 0 Å². The van der Waals surface area contributed by atoms with Crippen LogP contribution in [0.5, 0.6) is 5.75 Å². The Bertz CT molecular complexity index is 1220. The van der Waals surface area contributed by atoms with Crippen molar-refractivity contribution >= 4 is 28.0 Å². The van der Waals surface area contributed by atoms with Gasteiger partial charge in [0.1, 0.15) is 23.2 Å². The molecule has 0 amide bonds. The molecule has 0 aromatic heterocycles. The van der Waals surface area contributed by atoms with Gasteiger partial charge in [-0.1, -0.05) is 23.7 Å². The van der Waals surface area contributed by atoms with E-state index in [1.165, 1.54) is 12.1 Å². The molecule has 4 rings (SSSR count). The first kappa shape index (κ1) is 32.2. The first-order chi connectivity index (χ1) is 18.7. The van der Waals surface area contributed by atoms with E-state index in [0.717, 1.165) is 80.3 Å². The van der Waals surface area contributed by atoms with Crippen molar-refractivity contribution in [2.45, 2.75) is 57.6 Å². The van der Waals surface area contributed by atoms with E-state index in [9.17, 15) is 14.3 Å². The summed E-state index contributed by atoms with van der Waals surface area (Å²) >= 11 is 6.06. The normalized spacial score (nSPS) is 19.4. The molecule has 1 atom stereocenters. The zero-order valence-electron chi connectivity index (χ0n) is 22.8. The van der Waals surface area contributed by atoms with Gasteiger partial charge < -0.3 is 14.7 Å². The summed E-state index contributed by atoms with van der Waals surface area (Å²) in [5.74, 6) is 0.369. The molecule has 2 aliphatic heterocycles. The van der Waals surface area contributed by atoms with Crippen LogP contribution in [0.3, 0.4) is 0 Å². The quantitative estimate of drug-likeness (QED) is 0.367. The first-order valence-corrected chi connectivity index (χ1v) is 15.1. The Balaban J connectivity index is 0.000000810. The summed E-state index contributed by atoms with van der Waals surface area (Å²) in [4.78, 5) is 16.9. The van der Waals surface area contributed by atoms with Crippen LogP contribution < -0.4 is 4.74 Å². The van der Waals surface area contributed by atoms with E-state index in [0.29, 0.717) is 12.3 Å². The van der Waals surface area contributed by atoms with Gasteiger partial charge in [-0.3, -0.25) is 18.8 Å². The number of aliphatic carboxylic acids is 1. The molecule has 2 heterocycles. The van der Waals surface area contributed by atoms with Crippen LogP contribution in [0.15, 0.2) is 42.5 Å². The van der Waals surface area contributed by atoms with Crippen molar-refractivity contribution in [3.63, 3.8) is 0 Å². The maximum Gasteiger partial charge on any atom is 0.394 e. The number of carbonyl (C=O) groups is 1. The molecule has 0 saturated carbocycles. The summed E-state index contributed by atoms with van der Waals surface area (Å²) in [7, 11) is -4.67. The number of likely N-dealkylation sites (tertiary alicyclic amines) is 2. The Kier molecular flexibility index (Phi) is 11.3. The summed E-state index contributed by atoms with van der Waals surface area (Å²) in [6, 6.07) is 11.9. The average Bonchev–Trinajstić information content (AvgIpc) is 2.87. The number of ether oxygens (including phenoxy) is 1. The van der Waals surface area contributed by atoms with Gasteiger partial charge >= 0.3 is 16.4 Å². The number of rotatable bonds is 8. The molecule has 2 aliphatic rings. The Morgan fingerprint density at radius 1 is 1.05 bits per heavy atom. The molecule has 222 valence electrons. The van der Waals surface area contributed by atoms with Gasteiger partial charge in [0.25, 0.3) is 0 Å². The minimum absolute atomic E-state index is 0.232. The molecular formula is C28H38ClFN2O7S. The second-order valence-corrected chi connectivity index (χ2v) is 12.1. The lowest BCUT2D eigenvalue weighted by Gasteiger charge is -2.43. The molecule has 0 aliphatic carbocycles. The number of hydrogen-bond donors (Lipinski definition) is 3. The van der Waals surface area contributed by atoms with Crippen molar-refractivity contribution in [2.24, 2.45) is 5.92 Å². The van der Waals surface area contributed by atoms with Crippen LogP contribution in [-0.2, 0) is 21.6 Å². The second-order valence-electron chi connectivity index (χ2n) is 10.8. The number of halogens is 2. The van der Waals surface area contributed by atoms with Gasteiger partial charge in [0.05, 0.1) is 0 Å². The van der Waals surface area contributed by atoms with Gasteiger partial charge in [-0.2, -0.15) is 8.42 Å². The monoisotopic (exact) mass is 600 g/mol. The summed E-state index contributed by atoms with van der Waals surface area (Å²) in [6.07, 6.45) is 4.61. The number of carboxylic acid groups (broad SMARTS) is 1. The van der Waals surface area contributed by atoms with Crippen molar-refractivity contribution in [3.05, 3.63) is 64.4 Å². The van der Waals surface area contributed by atoms with Gasteiger partial charge in [-0.25, -0.2) is 4.39 Å². The lowest BCUT2D eigenvalue weighted by Crippen LogP contribution is -2.57. The smallest absolute Gasteiger partial charge is 0.394 e. The van der Waals surface area contributed by atoms with Crippen molar-refractivity contribution in [1.82, 2.24) is 9.80 Å². The number of hydrogen-bond acceptors (Lipinski definition) is 6. The maximum absolute atomic E-state index is 13.3. The van der Waals surface area contributed by atoms with E-state index in [4.69, 9.17) is 33.9 Å². The fourth-order valence-electron chi connectivity index (χ4n) is 5.43. The number of piperidine rings is 2. The van der Waals surface area contributed by atoms with Crippen LogP contribution >= 0.6 is 11.6 Å². The minimum Gasteiger partial charge on any atom is -0.490 e. The lowest BCUT2D eigenvalue weighted by atomic mass is 9.86. The van der Waals surface area contributed by atoms with E-state index >= 15 is 0 Å². The van der Waals surface area contributed by atoms with E-state index in [1.807, 2.05) is 25.1 Å². The van der Waals surface area contributed by atoms with Gasteiger partial charge in [-0.15, -0.1) is 0 Å². The molecule has 2 aromatic carbocycles. The molecule has 0 unspecified atom stereocenters. The van der Waals surface area contributed by atoms with Gasteiger partial charge in [-0.05, 0) is 100.0 Å². The average molecular weight is 601 g/mol. The summed E-state index contributed by atoms with van der Waals surface area (Å²) < 4.78 is 51.1. The Morgan fingerprint density at radius 2 is 1.62 bits per heavy atom. The lowest BCUT2D eigenvalue weighted by molar-refractivity contribution is -0.151. The molecule has 0 bridgehead atoms. The molecule has 2 saturated heterocycles. The highest BCUT2D eigenvalue weighted by Gasteiger charge is 2.41. The standard InChI is InChI=1S/C28H36ClFN2O3.H2O4S/c1-20-17-23(29)5-8-26(20)35-25-11-13-31(14-12-25)19-22-9-15-32(16-10-22)28(2,27(33)34)18-21-3-6-24(30)7-4-21;1-5(2,3)4/h3-8,17,22,25H,9-16,18-19H2,1-2H3,(H,33,34);(H2,1,2,3,4)/t28-;/m0./s1. The SMILES string of the molecule is Cc1cc(Cl)ccc1OC1CCN(CC2CCN([C@@](C)(Cc3ccc(F)cc3)C(=O)O)CC2)CC1.O=S(=O)(O)O. The number of nitrogens with zero attached hydrogens (tertiary/aromatic N) is 2. The van der Waals surface area contributed by atoms with Crippen LogP contribution in [0, 0.1) is 18.7 Å². The highest BCUT2D eigenvalue weighted by Crippen LogP contribution is 2.30. The van der Waals surface area contributed by atoms with Crippen molar-refractivity contribution < 1.29 is 36.6 Å². The topological polar surface area (TPSA) is 128 Å². The van der Waals surface area contributed by atoms with Crippen molar-refractivity contribution in [3.8, 4) is 5.75 Å². The summed E-state index contributed by atoms with van der Waals surface area (Å²) in [6.45, 7) is 8.46. The molecular weight excluding hydrogens is 563 g/mol. The van der Waals surface area contributed by atoms with Crippen LogP contribution in [0.25, 0.3) is 0 Å². The Morgan fingerprint density at radius 3 is 2.15 bits per heavy atom. The van der Waals surface area contributed by atoms with Crippen LogP contribution in [-0.4, -0.2) is 82.8 Å². The zero-order valence-corrected chi connectivity index (χ0v) is 24.4. The van der Waals surface area contributed by atoms with Crippen molar-refractivity contribution in [1.29, 1.82) is 0 Å². The van der Waals surface area contributed by atoms with E-state index in [2.05, 4.69) is 9.80 Å². The maximum atomic E-state index is 13.3. The minimum atomic E-state index is -4.67. The number of aryl methyl sites for hydroxylation is 1. The van der Waals surface area contributed by atoms with E-state index < -0.39 is 21.9 Å². The van der Waals surface area contributed by atoms with Crippen LogP contribution in [0.2, 0.25) is 5.02 Å². The third kappa shape index (κ3) is 9.97. The Labute approximate surface area is 240 Å². The fraction of sp³-hybridized carbons (Fsp3) is 0.536. The second kappa shape index (κ2) is 14.1. The summed E-state index contributed by atoms with van der Waals surface area (Å²) in [5, 5.41) is 10.8. The fourth-order valence-corrected chi connectivity index (χ4v) is 5.66. The molecule has 9 nitrogen and oxygen atoms in total. The molecule has 3 N–H and O–H groups in total. The predicted octanol–water partition coefficient (Wildman–Crippen LogP) is 4.78. The third-order valence-corrected chi connectivity index (χ3v) is 7.95. The molecule has 12 heteroatoms. The van der Waals surface area contributed by atoms with Gasteiger partial charge in [0, 0.05) is 31.1 Å². The molecule has 0 radical (unpaired) electrons. The van der Waals surface area contributed by atoms with Crippen molar-refractivity contribution in [2.75, 3.05) is 32.7 Å². The first-order valence-electron chi connectivity index (χ1n) is 13.3. The number of benzene rings is 2. The third-order valence-electron chi connectivity index (χ3n) is 7.72. The molecule has 0 spiro atoms. The van der Waals surface area contributed by atoms with E-state index in [-0.39, 0.29) is 11.9 Å². The van der Waals surface area contributed by atoms with Crippen LogP contribution in [0.4, 0.5) is 4.39 Å². The Hall–Kier alpha value is -2.28. The molecule has 40 heavy (non-hydrogen) atoms. The predicted molar refractivity (Wildman–Crippen MR) is 151 cm³/mol. The van der Waals surface area contributed by atoms with Gasteiger partial charge in [0.2, 0.25) is 0 Å².